The average Bonchev–Trinajstić information content (AvgIpc) is 3.41. The van der Waals surface area contributed by atoms with Gasteiger partial charge >= 0.3 is 6.09 Å². The number of thiazole rings is 1. The smallest absolute Gasteiger partial charge is 0.407 e. The van der Waals surface area contributed by atoms with Crippen LogP contribution in [0.1, 0.15) is 18.5 Å². The predicted octanol–water partition coefficient (Wildman–Crippen LogP) is 4.23. The number of benzene rings is 1. The van der Waals surface area contributed by atoms with Gasteiger partial charge in [0, 0.05) is 29.9 Å². The number of hydrogen-bond acceptors (Lipinski definition) is 5. The summed E-state index contributed by atoms with van der Waals surface area (Å²) in [5.74, 6) is 1.58. The van der Waals surface area contributed by atoms with E-state index in [4.69, 9.17) is 4.98 Å². The summed E-state index contributed by atoms with van der Waals surface area (Å²) >= 11 is 1.49. The Morgan fingerprint density at radius 1 is 1.24 bits per heavy atom. The Labute approximate surface area is 171 Å². The maximum atomic E-state index is 13.4. The number of rotatable bonds is 4. The van der Waals surface area contributed by atoms with Crippen LogP contribution in [-0.2, 0) is 6.54 Å². The van der Waals surface area contributed by atoms with Crippen molar-refractivity contribution in [3.05, 3.63) is 52.7 Å². The summed E-state index contributed by atoms with van der Waals surface area (Å²) in [6.45, 7) is 2.12. The van der Waals surface area contributed by atoms with E-state index in [0.717, 1.165) is 48.3 Å². The quantitative estimate of drug-likeness (QED) is 0.695. The molecule has 3 atom stereocenters. The van der Waals surface area contributed by atoms with Gasteiger partial charge in [-0.3, -0.25) is 4.90 Å². The zero-order valence-corrected chi connectivity index (χ0v) is 16.6. The molecule has 3 heterocycles. The Bertz CT molecular complexity index is 1030. The molecule has 6 nitrogen and oxygen atoms in total. The normalized spacial score (nSPS) is 23.5. The Kier molecular flexibility index (Phi) is 4.58. The average molecular weight is 412 g/mol. The van der Waals surface area contributed by atoms with E-state index >= 15 is 0 Å². The van der Waals surface area contributed by atoms with Gasteiger partial charge in [0.15, 0.2) is 0 Å². The molecule has 5 rings (SSSR count). The van der Waals surface area contributed by atoms with Crippen LogP contribution in [0.25, 0.3) is 10.9 Å². The van der Waals surface area contributed by atoms with Gasteiger partial charge < -0.3 is 10.0 Å². The van der Waals surface area contributed by atoms with Crippen LogP contribution >= 0.6 is 11.3 Å². The standard InChI is InChI=1S/C21H21FN4O2S/c22-16-2-3-19-13(5-16)1-4-20(24-19)25-8-14-6-18(7-15(14)9-25)26(21(27)28)10-17-11-29-12-23-17/h1-5,11-12,14-15,18H,6-10H2,(H,27,28)/t14-,15+,18-. The Balaban J connectivity index is 1.28. The first kappa shape index (κ1) is 18.3. The summed E-state index contributed by atoms with van der Waals surface area (Å²) in [5, 5.41) is 12.4. The highest BCUT2D eigenvalue weighted by atomic mass is 32.1. The molecule has 8 heteroatoms. The van der Waals surface area contributed by atoms with Crippen LogP contribution in [0.4, 0.5) is 15.0 Å². The van der Waals surface area contributed by atoms with Crippen LogP contribution in [0.5, 0.6) is 0 Å². The number of carbonyl (C=O) groups is 1. The van der Waals surface area contributed by atoms with Crippen molar-refractivity contribution in [1.29, 1.82) is 0 Å². The number of anilines is 1. The fourth-order valence-electron chi connectivity index (χ4n) is 4.81. The van der Waals surface area contributed by atoms with E-state index in [2.05, 4.69) is 9.88 Å². The molecule has 29 heavy (non-hydrogen) atoms. The van der Waals surface area contributed by atoms with Crippen LogP contribution in [0.3, 0.4) is 0 Å². The summed E-state index contributed by atoms with van der Waals surface area (Å²) < 4.78 is 13.4. The summed E-state index contributed by atoms with van der Waals surface area (Å²) in [7, 11) is 0. The van der Waals surface area contributed by atoms with E-state index in [1.54, 1.807) is 16.5 Å². The molecule has 1 aliphatic carbocycles. The summed E-state index contributed by atoms with van der Waals surface area (Å²) in [5.41, 5.74) is 3.34. The van der Waals surface area contributed by atoms with Gasteiger partial charge in [-0.2, -0.15) is 0 Å². The van der Waals surface area contributed by atoms with Crippen molar-refractivity contribution in [2.75, 3.05) is 18.0 Å². The molecule has 3 aromatic rings. The van der Waals surface area contributed by atoms with Crippen LogP contribution in [0.2, 0.25) is 0 Å². The minimum atomic E-state index is -0.872. The highest BCUT2D eigenvalue weighted by molar-refractivity contribution is 7.07. The topological polar surface area (TPSA) is 69.6 Å². The number of halogens is 1. The second-order valence-electron chi connectivity index (χ2n) is 7.95. The van der Waals surface area contributed by atoms with Crippen molar-refractivity contribution in [3.63, 3.8) is 0 Å². The molecule has 1 aromatic carbocycles. The SMILES string of the molecule is O=C(O)N(Cc1cscn1)[C@@H]1C[C@@H]2CN(c3ccc4cc(F)ccc4n3)C[C@@H]2C1. The van der Waals surface area contributed by atoms with Crippen molar-refractivity contribution in [3.8, 4) is 0 Å². The maximum absolute atomic E-state index is 13.4. The lowest BCUT2D eigenvalue weighted by atomic mass is 10.0. The van der Waals surface area contributed by atoms with Gasteiger partial charge in [0.05, 0.1) is 23.3 Å². The van der Waals surface area contributed by atoms with Crippen LogP contribution in [0, 0.1) is 17.7 Å². The molecule has 1 saturated heterocycles. The van der Waals surface area contributed by atoms with Crippen molar-refractivity contribution >= 4 is 34.2 Å². The molecule has 1 N–H and O–H groups in total. The molecule has 0 spiro atoms. The molecule has 0 bridgehead atoms. The van der Waals surface area contributed by atoms with E-state index in [0.29, 0.717) is 18.4 Å². The van der Waals surface area contributed by atoms with E-state index in [-0.39, 0.29) is 11.9 Å². The predicted molar refractivity (Wildman–Crippen MR) is 110 cm³/mol. The first-order valence-electron chi connectivity index (χ1n) is 9.75. The zero-order valence-electron chi connectivity index (χ0n) is 15.7. The Hall–Kier alpha value is -2.74. The van der Waals surface area contributed by atoms with Crippen LogP contribution in [-0.4, -0.2) is 45.2 Å². The van der Waals surface area contributed by atoms with E-state index < -0.39 is 6.09 Å². The third-order valence-electron chi connectivity index (χ3n) is 6.19. The van der Waals surface area contributed by atoms with Crippen molar-refractivity contribution in [2.45, 2.75) is 25.4 Å². The molecule has 1 saturated carbocycles. The molecule has 2 aliphatic rings. The lowest BCUT2D eigenvalue weighted by molar-refractivity contribution is 0.118. The molecule has 150 valence electrons. The van der Waals surface area contributed by atoms with Gasteiger partial charge in [-0.15, -0.1) is 11.3 Å². The fourth-order valence-corrected chi connectivity index (χ4v) is 5.36. The summed E-state index contributed by atoms with van der Waals surface area (Å²) in [6.07, 6.45) is 0.871. The molecular formula is C21H21FN4O2S. The fraction of sp³-hybridized carbons (Fsp3) is 0.381. The molecule has 2 aromatic heterocycles. The summed E-state index contributed by atoms with van der Waals surface area (Å²) in [4.78, 5) is 24.6. The van der Waals surface area contributed by atoms with Crippen molar-refractivity contribution < 1.29 is 14.3 Å². The number of pyridine rings is 1. The minimum Gasteiger partial charge on any atom is -0.465 e. The van der Waals surface area contributed by atoms with Gasteiger partial charge in [0.2, 0.25) is 0 Å². The van der Waals surface area contributed by atoms with E-state index in [1.165, 1.54) is 23.5 Å². The van der Waals surface area contributed by atoms with Gasteiger partial charge in [-0.05, 0) is 55.0 Å². The molecule has 0 unspecified atom stereocenters. The molecular weight excluding hydrogens is 391 g/mol. The highest BCUT2D eigenvalue weighted by Crippen LogP contribution is 2.42. The first-order valence-corrected chi connectivity index (χ1v) is 10.7. The minimum absolute atomic E-state index is 0.0406. The first-order chi connectivity index (χ1) is 14.1. The van der Waals surface area contributed by atoms with Gasteiger partial charge in [0.25, 0.3) is 0 Å². The highest BCUT2D eigenvalue weighted by Gasteiger charge is 2.44. The molecule has 2 fully saturated rings. The molecule has 0 radical (unpaired) electrons. The zero-order chi connectivity index (χ0) is 20.0. The second kappa shape index (κ2) is 7.26. The number of nitrogens with zero attached hydrogens (tertiary/aromatic N) is 4. The number of aromatic nitrogens is 2. The Morgan fingerprint density at radius 2 is 2.03 bits per heavy atom. The van der Waals surface area contributed by atoms with Crippen molar-refractivity contribution in [2.24, 2.45) is 11.8 Å². The van der Waals surface area contributed by atoms with Gasteiger partial charge in [0.1, 0.15) is 11.6 Å². The third kappa shape index (κ3) is 3.53. The van der Waals surface area contributed by atoms with Crippen LogP contribution in [0.15, 0.2) is 41.2 Å². The molecule has 1 aliphatic heterocycles. The third-order valence-corrected chi connectivity index (χ3v) is 6.82. The van der Waals surface area contributed by atoms with E-state index in [1.807, 2.05) is 17.5 Å². The largest absolute Gasteiger partial charge is 0.465 e. The van der Waals surface area contributed by atoms with Gasteiger partial charge in [-0.25, -0.2) is 19.2 Å². The van der Waals surface area contributed by atoms with Gasteiger partial charge in [-0.1, -0.05) is 0 Å². The second-order valence-corrected chi connectivity index (χ2v) is 8.67. The van der Waals surface area contributed by atoms with Crippen molar-refractivity contribution in [1.82, 2.24) is 14.9 Å². The lowest BCUT2D eigenvalue weighted by Crippen LogP contribution is -2.38. The van der Waals surface area contributed by atoms with E-state index in [9.17, 15) is 14.3 Å². The molecule has 1 amide bonds. The number of carboxylic acid groups (broad SMARTS) is 1. The monoisotopic (exact) mass is 412 g/mol. The number of amides is 1. The lowest BCUT2D eigenvalue weighted by Gasteiger charge is -2.27. The maximum Gasteiger partial charge on any atom is 0.407 e. The summed E-state index contributed by atoms with van der Waals surface area (Å²) in [6, 6.07) is 8.55. The number of hydrogen-bond donors (Lipinski definition) is 1. The Morgan fingerprint density at radius 3 is 2.72 bits per heavy atom. The number of fused-ring (bicyclic) bond motifs is 2. The van der Waals surface area contributed by atoms with Crippen LogP contribution < -0.4 is 4.90 Å².